The molecule has 2 aliphatic rings. The molecular formula is C22H21FN4O3. The summed E-state index contributed by atoms with van der Waals surface area (Å²) in [6.07, 6.45) is 2.36. The highest BCUT2D eigenvalue weighted by molar-refractivity contribution is 5.93. The van der Waals surface area contributed by atoms with Crippen molar-refractivity contribution in [2.45, 2.75) is 12.3 Å². The first kappa shape index (κ1) is 18.6. The first-order valence-corrected chi connectivity index (χ1v) is 10.0. The number of hydrogen-bond acceptors (Lipinski definition) is 4. The van der Waals surface area contributed by atoms with Gasteiger partial charge < -0.3 is 14.2 Å². The molecule has 30 heavy (non-hydrogen) atoms. The van der Waals surface area contributed by atoms with Gasteiger partial charge in [0.2, 0.25) is 5.91 Å². The number of aromatic amines is 1. The summed E-state index contributed by atoms with van der Waals surface area (Å²) in [5.41, 5.74) is 1.99. The Kier molecular flexibility index (Phi) is 4.61. The van der Waals surface area contributed by atoms with Crippen LogP contribution in [0.2, 0.25) is 0 Å². The maximum Gasteiger partial charge on any atom is 0.274 e. The van der Waals surface area contributed by atoms with Crippen molar-refractivity contribution in [1.29, 1.82) is 0 Å². The molecule has 0 bridgehead atoms. The van der Waals surface area contributed by atoms with Gasteiger partial charge in [0.05, 0.1) is 6.26 Å². The van der Waals surface area contributed by atoms with Crippen LogP contribution >= 0.6 is 0 Å². The quantitative estimate of drug-likeness (QED) is 0.720. The van der Waals surface area contributed by atoms with E-state index in [0.29, 0.717) is 43.3 Å². The minimum absolute atomic E-state index is 0.0418. The van der Waals surface area contributed by atoms with Crippen LogP contribution in [-0.2, 0) is 4.79 Å². The monoisotopic (exact) mass is 408 g/mol. The van der Waals surface area contributed by atoms with E-state index in [0.717, 1.165) is 12.0 Å². The molecule has 8 heteroatoms. The summed E-state index contributed by atoms with van der Waals surface area (Å²) in [6.45, 7) is 1.96. The molecule has 1 saturated heterocycles. The van der Waals surface area contributed by atoms with Crippen LogP contribution in [0.4, 0.5) is 4.39 Å². The second-order valence-corrected chi connectivity index (χ2v) is 7.76. The molecule has 2 atom stereocenters. The standard InChI is InChI=1S/C22H21FN4O3/c23-15-5-3-14(4-6-15)16-12-17(16)21(28)26-7-9-27(10-8-26)22(29)19-13-18(24-25-19)20-2-1-11-30-20/h1-6,11,13,16-17H,7-10,12H2,(H,24,25). The Morgan fingerprint density at radius 2 is 1.80 bits per heavy atom. The summed E-state index contributed by atoms with van der Waals surface area (Å²) in [7, 11) is 0. The summed E-state index contributed by atoms with van der Waals surface area (Å²) in [6, 6.07) is 11.6. The van der Waals surface area contributed by atoms with Crippen molar-refractivity contribution in [1.82, 2.24) is 20.0 Å². The van der Waals surface area contributed by atoms with Gasteiger partial charge >= 0.3 is 0 Å². The number of rotatable bonds is 4. The lowest BCUT2D eigenvalue weighted by molar-refractivity contribution is -0.134. The molecule has 1 saturated carbocycles. The molecule has 1 aliphatic heterocycles. The normalized spacial score (nSPS) is 21.0. The van der Waals surface area contributed by atoms with E-state index in [2.05, 4.69) is 10.2 Å². The van der Waals surface area contributed by atoms with Gasteiger partial charge in [0.15, 0.2) is 11.5 Å². The van der Waals surface area contributed by atoms with Gasteiger partial charge in [0.25, 0.3) is 5.91 Å². The SMILES string of the molecule is O=C(c1cc(-c2ccco2)[nH]n1)N1CCN(C(=O)C2CC2c2ccc(F)cc2)CC1. The number of benzene rings is 1. The van der Waals surface area contributed by atoms with Crippen molar-refractivity contribution in [3.8, 4) is 11.5 Å². The molecule has 2 aromatic heterocycles. The van der Waals surface area contributed by atoms with Crippen LogP contribution in [-0.4, -0.2) is 58.0 Å². The topological polar surface area (TPSA) is 82.4 Å². The summed E-state index contributed by atoms with van der Waals surface area (Å²) in [4.78, 5) is 29.1. The molecule has 1 aromatic carbocycles. The predicted molar refractivity (Wildman–Crippen MR) is 106 cm³/mol. The van der Waals surface area contributed by atoms with E-state index in [4.69, 9.17) is 4.42 Å². The Balaban J connectivity index is 1.16. The van der Waals surface area contributed by atoms with Crippen molar-refractivity contribution in [2.75, 3.05) is 26.2 Å². The molecule has 3 heterocycles. The number of nitrogens with one attached hydrogen (secondary N) is 1. The lowest BCUT2D eigenvalue weighted by Crippen LogP contribution is -2.51. The number of piperazine rings is 1. The van der Waals surface area contributed by atoms with Gasteiger partial charge in [-0.15, -0.1) is 0 Å². The molecule has 2 fully saturated rings. The Bertz CT molecular complexity index is 1050. The van der Waals surface area contributed by atoms with Crippen molar-refractivity contribution in [3.05, 3.63) is 65.8 Å². The number of aromatic nitrogens is 2. The zero-order chi connectivity index (χ0) is 20.7. The molecule has 3 aromatic rings. The van der Waals surface area contributed by atoms with Crippen LogP contribution < -0.4 is 0 Å². The molecule has 2 amide bonds. The number of nitrogens with zero attached hydrogens (tertiary/aromatic N) is 3. The number of hydrogen-bond donors (Lipinski definition) is 1. The largest absolute Gasteiger partial charge is 0.463 e. The fourth-order valence-corrected chi connectivity index (χ4v) is 4.06. The predicted octanol–water partition coefficient (Wildman–Crippen LogP) is 2.90. The van der Waals surface area contributed by atoms with E-state index in [9.17, 15) is 14.0 Å². The molecular weight excluding hydrogens is 387 g/mol. The zero-order valence-corrected chi connectivity index (χ0v) is 16.3. The summed E-state index contributed by atoms with van der Waals surface area (Å²) >= 11 is 0. The third kappa shape index (κ3) is 3.49. The number of H-pyrrole nitrogens is 1. The van der Waals surface area contributed by atoms with E-state index in [1.54, 1.807) is 41.5 Å². The summed E-state index contributed by atoms with van der Waals surface area (Å²) < 4.78 is 18.4. The third-order valence-electron chi connectivity index (χ3n) is 5.87. The van der Waals surface area contributed by atoms with Crippen molar-refractivity contribution >= 4 is 11.8 Å². The smallest absolute Gasteiger partial charge is 0.274 e. The number of carbonyl (C=O) groups is 2. The first-order valence-electron chi connectivity index (χ1n) is 10.0. The lowest BCUT2D eigenvalue weighted by Gasteiger charge is -2.34. The maximum atomic E-state index is 13.1. The molecule has 154 valence electrons. The van der Waals surface area contributed by atoms with Crippen LogP contribution in [0.3, 0.4) is 0 Å². The molecule has 2 unspecified atom stereocenters. The van der Waals surface area contributed by atoms with Gasteiger partial charge in [-0.3, -0.25) is 14.7 Å². The van der Waals surface area contributed by atoms with Crippen LogP contribution in [0.1, 0.15) is 28.4 Å². The first-order chi connectivity index (χ1) is 14.6. The Morgan fingerprint density at radius 3 is 2.50 bits per heavy atom. The van der Waals surface area contributed by atoms with Gasteiger partial charge in [-0.05, 0) is 42.2 Å². The summed E-state index contributed by atoms with van der Waals surface area (Å²) in [5.74, 6) is 0.443. The minimum atomic E-state index is -0.267. The van der Waals surface area contributed by atoms with E-state index in [1.165, 1.54) is 12.1 Å². The van der Waals surface area contributed by atoms with Crippen molar-refractivity contribution < 1.29 is 18.4 Å². The van der Waals surface area contributed by atoms with E-state index < -0.39 is 0 Å². The zero-order valence-electron chi connectivity index (χ0n) is 16.3. The van der Waals surface area contributed by atoms with E-state index in [-0.39, 0.29) is 29.5 Å². The highest BCUT2D eigenvalue weighted by atomic mass is 19.1. The van der Waals surface area contributed by atoms with E-state index in [1.807, 2.05) is 4.90 Å². The Hall–Kier alpha value is -3.42. The van der Waals surface area contributed by atoms with Crippen LogP contribution in [0.15, 0.2) is 53.1 Å². The second-order valence-electron chi connectivity index (χ2n) is 7.76. The minimum Gasteiger partial charge on any atom is -0.463 e. The third-order valence-corrected chi connectivity index (χ3v) is 5.87. The van der Waals surface area contributed by atoms with Crippen molar-refractivity contribution in [2.24, 2.45) is 5.92 Å². The molecule has 1 aliphatic carbocycles. The van der Waals surface area contributed by atoms with Gasteiger partial charge in [-0.1, -0.05) is 12.1 Å². The fourth-order valence-electron chi connectivity index (χ4n) is 4.06. The van der Waals surface area contributed by atoms with Gasteiger partial charge in [0, 0.05) is 38.2 Å². The average Bonchev–Trinajstić information content (AvgIpc) is 3.16. The van der Waals surface area contributed by atoms with Crippen LogP contribution in [0.25, 0.3) is 11.5 Å². The molecule has 0 spiro atoms. The molecule has 0 radical (unpaired) electrons. The fraction of sp³-hybridized carbons (Fsp3) is 0.318. The Labute approximate surface area is 172 Å². The molecule has 1 N–H and O–H groups in total. The Morgan fingerprint density at radius 1 is 1.07 bits per heavy atom. The van der Waals surface area contributed by atoms with Gasteiger partial charge in [-0.2, -0.15) is 5.10 Å². The van der Waals surface area contributed by atoms with E-state index >= 15 is 0 Å². The second kappa shape index (κ2) is 7.44. The number of furan rings is 1. The van der Waals surface area contributed by atoms with Gasteiger partial charge in [0.1, 0.15) is 11.5 Å². The van der Waals surface area contributed by atoms with Crippen LogP contribution in [0, 0.1) is 11.7 Å². The molecule has 7 nitrogen and oxygen atoms in total. The van der Waals surface area contributed by atoms with Crippen molar-refractivity contribution in [3.63, 3.8) is 0 Å². The lowest BCUT2D eigenvalue weighted by atomic mass is 10.1. The highest BCUT2D eigenvalue weighted by Crippen LogP contribution is 2.48. The van der Waals surface area contributed by atoms with Gasteiger partial charge in [-0.25, -0.2) is 4.39 Å². The van der Waals surface area contributed by atoms with Crippen LogP contribution in [0.5, 0.6) is 0 Å². The highest BCUT2D eigenvalue weighted by Gasteiger charge is 2.46. The average molecular weight is 408 g/mol. The summed E-state index contributed by atoms with van der Waals surface area (Å²) in [5, 5.41) is 6.93. The number of carbonyl (C=O) groups excluding carboxylic acids is 2. The molecule has 5 rings (SSSR count). The number of amides is 2. The number of halogens is 1. The maximum absolute atomic E-state index is 13.1.